The molecular weight excluding hydrogens is 623 g/mol. The lowest BCUT2D eigenvalue weighted by Crippen LogP contribution is -2.45. The normalized spacial score (nSPS) is 17.5. The van der Waals surface area contributed by atoms with E-state index in [2.05, 4.69) is 25.0 Å². The fraction of sp³-hybridized carbons (Fsp3) is 0.410. The van der Waals surface area contributed by atoms with Crippen LogP contribution in [0.1, 0.15) is 76.5 Å². The maximum absolute atomic E-state index is 14.5. The lowest BCUT2D eigenvalue weighted by molar-refractivity contribution is -0.166. The predicted octanol–water partition coefficient (Wildman–Crippen LogP) is 8.11. The average molecular weight is 669 g/mol. The standard InChI is InChI=1S/C39H45FN4O5/c1-9-21-47-39(8)17-19-43(20-18-39)36-33(35(37(45)46-11-3)49-38(5,6)7)24(4)41-32-23-29(42-44(32)36)27-14-12-13-26-28-22-25(40)15-16-31(28)48-30(10-2)34(26)27/h9-10,12-16,22-23,30,35H,1-2,11,17-21H2,3-8H3/t30-,35+/m1/s1. The highest BCUT2D eigenvalue weighted by Gasteiger charge is 2.39. The van der Waals surface area contributed by atoms with Gasteiger partial charge in [-0.15, -0.1) is 6.58 Å². The van der Waals surface area contributed by atoms with Crippen molar-refractivity contribution < 1.29 is 28.1 Å². The zero-order valence-electron chi connectivity index (χ0n) is 29.2. The van der Waals surface area contributed by atoms with Crippen molar-refractivity contribution in [1.82, 2.24) is 14.6 Å². The van der Waals surface area contributed by atoms with E-state index in [1.54, 1.807) is 25.1 Å². The predicted molar refractivity (Wildman–Crippen MR) is 188 cm³/mol. The molecular formula is C39H45FN4O5. The highest BCUT2D eigenvalue weighted by molar-refractivity contribution is 5.84. The van der Waals surface area contributed by atoms with E-state index in [4.69, 9.17) is 29.0 Å². The van der Waals surface area contributed by atoms with E-state index in [9.17, 15) is 9.18 Å². The summed E-state index contributed by atoms with van der Waals surface area (Å²) in [5.41, 5.74) is 4.69. The second-order valence-corrected chi connectivity index (χ2v) is 13.8. The number of aryl methyl sites for hydroxylation is 1. The summed E-state index contributed by atoms with van der Waals surface area (Å²) < 4.78 is 40.8. The topological polar surface area (TPSA) is 87.4 Å². The summed E-state index contributed by atoms with van der Waals surface area (Å²) in [4.78, 5) is 20.9. The van der Waals surface area contributed by atoms with E-state index >= 15 is 0 Å². The van der Waals surface area contributed by atoms with Gasteiger partial charge in [0.2, 0.25) is 0 Å². The van der Waals surface area contributed by atoms with Crippen molar-refractivity contribution in [2.24, 2.45) is 0 Å². The first-order valence-electron chi connectivity index (χ1n) is 16.8. The number of benzene rings is 2. The van der Waals surface area contributed by atoms with Crippen molar-refractivity contribution in [3.63, 3.8) is 0 Å². The Bertz CT molecular complexity index is 1900. The number of carbonyl (C=O) groups is 1. The SMILES string of the molecule is C=CCOC1(C)CCN(c2c([C@H](OC(C)(C)C)C(=O)OCC)c(C)nc3cc(-c4cccc5c4[C@@H](C=C)Oc4ccc(F)cc4-5)nn23)CC1. The molecule has 10 heteroatoms. The van der Waals surface area contributed by atoms with E-state index in [0.29, 0.717) is 53.6 Å². The third kappa shape index (κ3) is 6.72. The second-order valence-electron chi connectivity index (χ2n) is 13.8. The number of nitrogens with zero attached hydrogens (tertiary/aromatic N) is 4. The van der Waals surface area contributed by atoms with Gasteiger partial charge in [-0.25, -0.2) is 14.2 Å². The van der Waals surface area contributed by atoms with Crippen LogP contribution in [0.25, 0.3) is 28.0 Å². The maximum atomic E-state index is 14.5. The van der Waals surface area contributed by atoms with Gasteiger partial charge in [0.25, 0.3) is 0 Å². The summed E-state index contributed by atoms with van der Waals surface area (Å²) in [7, 11) is 0. The number of carbonyl (C=O) groups excluding carboxylic acids is 1. The minimum absolute atomic E-state index is 0.209. The van der Waals surface area contributed by atoms with Crippen molar-refractivity contribution in [2.75, 3.05) is 31.2 Å². The first-order valence-corrected chi connectivity index (χ1v) is 16.8. The van der Waals surface area contributed by atoms with Crippen LogP contribution in [-0.2, 0) is 19.0 Å². The zero-order chi connectivity index (χ0) is 35.1. The fourth-order valence-electron chi connectivity index (χ4n) is 6.76. The number of hydrogen-bond donors (Lipinski definition) is 0. The van der Waals surface area contributed by atoms with Crippen molar-refractivity contribution in [3.05, 3.63) is 90.4 Å². The monoisotopic (exact) mass is 668 g/mol. The number of piperidine rings is 1. The Balaban J connectivity index is 1.55. The first kappa shape index (κ1) is 34.3. The number of aromatic nitrogens is 3. The van der Waals surface area contributed by atoms with E-state index in [1.807, 2.05) is 56.5 Å². The van der Waals surface area contributed by atoms with Gasteiger partial charge in [0, 0.05) is 41.5 Å². The minimum atomic E-state index is -1.04. The number of anilines is 1. The van der Waals surface area contributed by atoms with Crippen molar-refractivity contribution in [2.45, 2.75) is 77.8 Å². The molecule has 0 bridgehead atoms. The van der Waals surface area contributed by atoms with Gasteiger partial charge in [0.1, 0.15) is 23.5 Å². The van der Waals surface area contributed by atoms with Gasteiger partial charge < -0.3 is 23.8 Å². The van der Waals surface area contributed by atoms with Gasteiger partial charge in [0.15, 0.2) is 11.8 Å². The average Bonchev–Trinajstić information content (AvgIpc) is 3.49. The summed E-state index contributed by atoms with van der Waals surface area (Å²) in [5, 5.41) is 5.18. The molecule has 0 amide bonds. The Labute approximate surface area is 287 Å². The van der Waals surface area contributed by atoms with Gasteiger partial charge >= 0.3 is 5.97 Å². The van der Waals surface area contributed by atoms with Crippen LogP contribution in [0.15, 0.2) is 67.8 Å². The number of rotatable bonds is 10. The van der Waals surface area contributed by atoms with E-state index in [0.717, 1.165) is 35.3 Å². The molecule has 0 aliphatic carbocycles. The van der Waals surface area contributed by atoms with Gasteiger partial charge in [-0.1, -0.05) is 30.9 Å². The Morgan fingerprint density at radius 2 is 1.88 bits per heavy atom. The Kier molecular flexibility index (Phi) is 9.39. The molecule has 4 aromatic rings. The van der Waals surface area contributed by atoms with Crippen LogP contribution in [0.4, 0.5) is 10.2 Å². The number of halogens is 1. The van der Waals surface area contributed by atoms with Crippen LogP contribution in [-0.4, -0.2) is 58.1 Å². The third-order valence-corrected chi connectivity index (χ3v) is 9.08. The van der Waals surface area contributed by atoms with Crippen LogP contribution in [0.5, 0.6) is 5.75 Å². The van der Waals surface area contributed by atoms with Crippen LogP contribution in [0.3, 0.4) is 0 Å². The molecule has 2 atom stereocenters. The molecule has 0 saturated carbocycles. The molecule has 2 aromatic heterocycles. The van der Waals surface area contributed by atoms with Crippen molar-refractivity contribution >= 4 is 17.4 Å². The first-order chi connectivity index (χ1) is 23.4. The quantitative estimate of drug-likeness (QED) is 0.124. The smallest absolute Gasteiger partial charge is 0.340 e. The molecule has 2 aromatic carbocycles. The summed E-state index contributed by atoms with van der Waals surface area (Å²) in [6.07, 6.45) is 3.48. The molecule has 4 heterocycles. The number of esters is 1. The van der Waals surface area contributed by atoms with Crippen LogP contribution in [0.2, 0.25) is 0 Å². The lowest BCUT2D eigenvalue weighted by Gasteiger charge is -2.41. The highest BCUT2D eigenvalue weighted by Crippen LogP contribution is 2.47. The molecule has 2 aliphatic heterocycles. The molecule has 0 spiro atoms. The molecule has 2 aliphatic rings. The second kappa shape index (κ2) is 13.4. The number of ether oxygens (including phenoxy) is 4. The van der Waals surface area contributed by atoms with Crippen LogP contribution < -0.4 is 9.64 Å². The summed E-state index contributed by atoms with van der Waals surface area (Å²) in [6, 6.07) is 12.3. The maximum Gasteiger partial charge on any atom is 0.340 e. The molecule has 0 N–H and O–H groups in total. The molecule has 258 valence electrons. The van der Waals surface area contributed by atoms with Gasteiger partial charge in [-0.2, -0.15) is 9.61 Å². The Morgan fingerprint density at radius 3 is 2.55 bits per heavy atom. The van der Waals surface area contributed by atoms with Crippen molar-refractivity contribution in [1.29, 1.82) is 0 Å². The van der Waals surface area contributed by atoms with Crippen LogP contribution in [0, 0.1) is 12.7 Å². The summed E-state index contributed by atoms with van der Waals surface area (Å²) >= 11 is 0. The minimum Gasteiger partial charge on any atom is -0.481 e. The lowest BCUT2D eigenvalue weighted by atomic mass is 9.88. The fourth-order valence-corrected chi connectivity index (χ4v) is 6.76. The molecule has 0 radical (unpaired) electrons. The van der Waals surface area contributed by atoms with E-state index in [1.165, 1.54) is 12.1 Å². The zero-order valence-corrected chi connectivity index (χ0v) is 29.2. The molecule has 6 rings (SSSR count). The number of fused-ring (bicyclic) bond motifs is 4. The molecule has 1 fully saturated rings. The Hall–Kier alpha value is -4.54. The van der Waals surface area contributed by atoms with E-state index < -0.39 is 23.8 Å². The van der Waals surface area contributed by atoms with Gasteiger partial charge in [-0.3, -0.25) is 0 Å². The molecule has 1 saturated heterocycles. The third-order valence-electron chi connectivity index (χ3n) is 9.08. The van der Waals surface area contributed by atoms with E-state index in [-0.39, 0.29) is 18.0 Å². The van der Waals surface area contributed by atoms with Crippen LogP contribution >= 0.6 is 0 Å². The van der Waals surface area contributed by atoms with Crippen molar-refractivity contribution in [3.8, 4) is 28.1 Å². The summed E-state index contributed by atoms with van der Waals surface area (Å²) in [6.45, 7) is 21.4. The Morgan fingerprint density at radius 1 is 1.14 bits per heavy atom. The largest absolute Gasteiger partial charge is 0.481 e. The molecule has 9 nitrogen and oxygen atoms in total. The van der Waals surface area contributed by atoms with Gasteiger partial charge in [-0.05, 0) is 84.2 Å². The molecule has 49 heavy (non-hydrogen) atoms. The van der Waals surface area contributed by atoms with Gasteiger partial charge in [0.05, 0.1) is 35.7 Å². The summed E-state index contributed by atoms with van der Waals surface area (Å²) in [5.74, 6) is 0.478. The molecule has 0 unspecified atom stereocenters. The number of hydrogen-bond acceptors (Lipinski definition) is 8. The highest BCUT2D eigenvalue weighted by atomic mass is 19.1.